The summed E-state index contributed by atoms with van der Waals surface area (Å²) in [5.74, 6) is -0.265. The predicted molar refractivity (Wildman–Crippen MR) is 88.5 cm³/mol. The predicted octanol–water partition coefficient (Wildman–Crippen LogP) is 5.09. The van der Waals surface area contributed by atoms with Gasteiger partial charge in [-0.05, 0) is 46.3 Å². The second-order valence-corrected chi connectivity index (χ2v) is 5.96. The topological polar surface area (TPSA) is 29.9 Å². The zero-order chi connectivity index (χ0) is 14.8. The molecule has 0 radical (unpaired) electrons. The highest BCUT2D eigenvalue weighted by atomic mass is 79.9. The zero-order valence-corrected chi connectivity index (χ0v) is 13.9. The largest absolute Gasteiger partial charge is 0.293 e. The van der Waals surface area contributed by atoms with Crippen molar-refractivity contribution in [1.82, 2.24) is 9.66 Å². The number of benzene rings is 2. The second-order valence-electron chi connectivity index (χ2n) is 4.35. The van der Waals surface area contributed by atoms with Crippen molar-refractivity contribution < 1.29 is 4.39 Å². The Morgan fingerprint density at radius 3 is 2.43 bits per heavy atom. The van der Waals surface area contributed by atoms with E-state index >= 15 is 0 Å². The summed E-state index contributed by atoms with van der Waals surface area (Å²) in [6.45, 7) is 0. The van der Waals surface area contributed by atoms with Crippen LogP contribution in [0.15, 0.2) is 63.9 Å². The lowest BCUT2D eigenvalue weighted by atomic mass is 10.2. The fraction of sp³-hybridized carbons (Fsp3) is 0. The molecule has 0 saturated carbocycles. The van der Waals surface area contributed by atoms with Crippen LogP contribution in [0.4, 0.5) is 10.1 Å². The zero-order valence-electron chi connectivity index (χ0n) is 10.7. The van der Waals surface area contributed by atoms with Gasteiger partial charge in [-0.15, -0.1) is 0 Å². The Kier molecular flexibility index (Phi) is 4.07. The molecule has 6 heteroatoms. The average Bonchev–Trinajstić information content (AvgIpc) is 2.83. The summed E-state index contributed by atoms with van der Waals surface area (Å²) in [4.78, 5) is 4.27. The molecule has 0 unspecified atom stereocenters. The van der Waals surface area contributed by atoms with E-state index in [4.69, 9.17) is 0 Å². The van der Waals surface area contributed by atoms with E-state index < -0.39 is 0 Å². The molecule has 3 aromatic rings. The van der Waals surface area contributed by atoms with Crippen LogP contribution in [0.1, 0.15) is 0 Å². The number of aromatic nitrogens is 2. The number of nitrogens with one attached hydrogen (secondary N) is 1. The third kappa shape index (κ3) is 3.01. The number of anilines is 1. The van der Waals surface area contributed by atoms with Crippen molar-refractivity contribution in [2.24, 2.45) is 0 Å². The Morgan fingerprint density at radius 1 is 1.00 bits per heavy atom. The lowest BCUT2D eigenvalue weighted by molar-refractivity contribution is 0.628. The maximum absolute atomic E-state index is 13.0. The Hall–Kier alpha value is -1.66. The van der Waals surface area contributed by atoms with Crippen molar-refractivity contribution in [3.8, 4) is 11.3 Å². The number of hydrogen-bond donors (Lipinski definition) is 1. The number of hydrogen-bond acceptors (Lipinski definition) is 2. The van der Waals surface area contributed by atoms with Crippen molar-refractivity contribution >= 4 is 37.5 Å². The van der Waals surface area contributed by atoms with Crippen molar-refractivity contribution in [3.63, 3.8) is 0 Å². The van der Waals surface area contributed by atoms with Gasteiger partial charge in [0, 0.05) is 10.0 Å². The Labute approximate surface area is 138 Å². The molecule has 21 heavy (non-hydrogen) atoms. The standard InChI is InChI=1S/C15H10Br2FN3/c16-13-4-2-1-3-12(13)14-15(17)19-9-21(14)20-11-7-5-10(18)6-8-11/h1-9,20H. The number of halogens is 3. The van der Waals surface area contributed by atoms with Gasteiger partial charge < -0.3 is 0 Å². The smallest absolute Gasteiger partial charge is 0.134 e. The maximum atomic E-state index is 13.0. The van der Waals surface area contributed by atoms with Crippen LogP contribution < -0.4 is 5.43 Å². The summed E-state index contributed by atoms with van der Waals surface area (Å²) < 4.78 is 16.4. The van der Waals surface area contributed by atoms with Crippen LogP contribution in [-0.4, -0.2) is 9.66 Å². The molecular weight excluding hydrogens is 401 g/mol. The third-order valence-corrected chi connectivity index (χ3v) is 4.22. The Morgan fingerprint density at radius 2 is 1.71 bits per heavy atom. The molecule has 1 heterocycles. The quantitative estimate of drug-likeness (QED) is 0.651. The van der Waals surface area contributed by atoms with Crippen molar-refractivity contribution in [1.29, 1.82) is 0 Å². The monoisotopic (exact) mass is 409 g/mol. The normalized spacial score (nSPS) is 10.6. The Bertz CT molecular complexity index is 769. The van der Waals surface area contributed by atoms with Gasteiger partial charge in [-0.3, -0.25) is 5.43 Å². The SMILES string of the molecule is Fc1ccc(Nn2cnc(Br)c2-c2ccccc2Br)cc1. The fourth-order valence-electron chi connectivity index (χ4n) is 1.97. The molecular formula is C15H10Br2FN3. The highest BCUT2D eigenvalue weighted by Gasteiger charge is 2.14. The molecule has 106 valence electrons. The molecule has 0 aliphatic carbocycles. The van der Waals surface area contributed by atoms with Crippen molar-refractivity contribution in [2.75, 3.05) is 5.43 Å². The number of imidazole rings is 1. The van der Waals surface area contributed by atoms with Gasteiger partial charge in [0.05, 0.1) is 5.69 Å². The summed E-state index contributed by atoms with van der Waals surface area (Å²) in [5.41, 5.74) is 5.83. The van der Waals surface area contributed by atoms with E-state index in [2.05, 4.69) is 42.3 Å². The summed E-state index contributed by atoms with van der Waals surface area (Å²) >= 11 is 7.00. The highest BCUT2D eigenvalue weighted by Crippen LogP contribution is 2.32. The number of nitrogens with zero attached hydrogens (tertiary/aromatic N) is 2. The molecule has 0 aliphatic rings. The summed E-state index contributed by atoms with van der Waals surface area (Å²) in [6.07, 6.45) is 1.67. The van der Waals surface area contributed by atoms with Crippen LogP contribution in [0.3, 0.4) is 0 Å². The molecule has 0 amide bonds. The van der Waals surface area contributed by atoms with Crippen LogP contribution >= 0.6 is 31.9 Å². The minimum Gasteiger partial charge on any atom is -0.293 e. The van der Waals surface area contributed by atoms with Crippen molar-refractivity contribution in [2.45, 2.75) is 0 Å². The first kappa shape index (κ1) is 14.3. The average molecular weight is 411 g/mol. The van der Waals surface area contributed by atoms with Gasteiger partial charge in [0.1, 0.15) is 22.4 Å². The van der Waals surface area contributed by atoms with Gasteiger partial charge in [0.2, 0.25) is 0 Å². The molecule has 3 rings (SSSR count). The lowest BCUT2D eigenvalue weighted by Gasteiger charge is -2.12. The van der Waals surface area contributed by atoms with Crippen molar-refractivity contribution in [3.05, 3.63) is 69.8 Å². The molecule has 0 spiro atoms. The van der Waals surface area contributed by atoms with E-state index in [1.165, 1.54) is 12.1 Å². The third-order valence-electron chi connectivity index (χ3n) is 2.95. The van der Waals surface area contributed by atoms with E-state index in [9.17, 15) is 4.39 Å². The van der Waals surface area contributed by atoms with E-state index in [1.807, 2.05) is 24.3 Å². The van der Waals surface area contributed by atoms with Gasteiger partial charge in [-0.2, -0.15) is 0 Å². The highest BCUT2D eigenvalue weighted by molar-refractivity contribution is 9.11. The van der Waals surface area contributed by atoms with Gasteiger partial charge in [0.25, 0.3) is 0 Å². The van der Waals surface area contributed by atoms with Gasteiger partial charge in [0.15, 0.2) is 0 Å². The van der Waals surface area contributed by atoms with Gasteiger partial charge in [-0.1, -0.05) is 34.1 Å². The molecule has 0 saturated heterocycles. The fourth-order valence-corrected chi connectivity index (χ4v) is 2.94. The first-order chi connectivity index (χ1) is 10.1. The number of rotatable bonds is 3. The molecule has 0 aliphatic heterocycles. The van der Waals surface area contributed by atoms with E-state index in [0.29, 0.717) is 0 Å². The molecule has 3 nitrogen and oxygen atoms in total. The van der Waals surface area contributed by atoms with Crippen LogP contribution in [0.25, 0.3) is 11.3 Å². The molecule has 0 fully saturated rings. The molecule has 1 aromatic heterocycles. The van der Waals surface area contributed by atoms with Gasteiger partial charge in [-0.25, -0.2) is 14.1 Å². The first-order valence-corrected chi connectivity index (χ1v) is 7.74. The maximum Gasteiger partial charge on any atom is 0.134 e. The lowest BCUT2D eigenvalue weighted by Crippen LogP contribution is -2.09. The molecule has 1 N–H and O–H groups in total. The van der Waals surface area contributed by atoms with E-state index in [1.54, 1.807) is 23.1 Å². The summed E-state index contributed by atoms with van der Waals surface area (Å²) in [6, 6.07) is 14.0. The molecule has 0 bridgehead atoms. The molecule has 2 aromatic carbocycles. The summed E-state index contributed by atoms with van der Waals surface area (Å²) in [7, 11) is 0. The van der Waals surface area contributed by atoms with E-state index in [0.717, 1.165) is 26.0 Å². The van der Waals surface area contributed by atoms with Crippen LogP contribution in [-0.2, 0) is 0 Å². The summed E-state index contributed by atoms with van der Waals surface area (Å²) in [5, 5.41) is 0. The Balaban J connectivity index is 2.01. The van der Waals surface area contributed by atoms with Crippen LogP contribution in [0, 0.1) is 5.82 Å². The van der Waals surface area contributed by atoms with Crippen LogP contribution in [0.2, 0.25) is 0 Å². The molecule has 0 atom stereocenters. The first-order valence-electron chi connectivity index (χ1n) is 6.15. The van der Waals surface area contributed by atoms with Crippen LogP contribution in [0.5, 0.6) is 0 Å². The van der Waals surface area contributed by atoms with E-state index in [-0.39, 0.29) is 5.82 Å². The minimum absolute atomic E-state index is 0.265. The minimum atomic E-state index is -0.265. The second kappa shape index (κ2) is 5.99. The van der Waals surface area contributed by atoms with Gasteiger partial charge >= 0.3 is 0 Å².